The van der Waals surface area contributed by atoms with Crippen molar-refractivity contribution in [1.29, 1.82) is 0 Å². The Kier molecular flexibility index (Phi) is 4.39. The second-order valence-corrected chi connectivity index (χ2v) is 5.43. The van der Waals surface area contributed by atoms with E-state index in [-0.39, 0.29) is 11.1 Å². The van der Waals surface area contributed by atoms with Crippen LogP contribution in [0, 0.1) is 12.7 Å². The summed E-state index contributed by atoms with van der Waals surface area (Å²) in [6, 6.07) is 14.8. The van der Waals surface area contributed by atoms with E-state index in [1.807, 2.05) is 12.1 Å². The molecule has 0 heterocycles. The van der Waals surface area contributed by atoms with Crippen LogP contribution in [-0.4, -0.2) is 6.54 Å². The van der Waals surface area contributed by atoms with Crippen LogP contribution in [0.15, 0.2) is 53.4 Å². The van der Waals surface area contributed by atoms with E-state index in [9.17, 15) is 4.39 Å². The monoisotopic (exact) mass is 261 g/mol. The molecule has 1 unspecified atom stereocenters. The third-order valence-corrected chi connectivity index (χ3v) is 4.12. The van der Waals surface area contributed by atoms with Gasteiger partial charge in [0.15, 0.2) is 0 Å². The maximum absolute atomic E-state index is 12.9. The molecule has 0 aliphatic heterocycles. The number of halogens is 1. The Bertz CT molecular complexity index is 510. The molecule has 2 aromatic rings. The lowest BCUT2D eigenvalue weighted by Gasteiger charge is -2.17. The molecule has 2 aromatic carbocycles. The number of hydrogen-bond acceptors (Lipinski definition) is 2. The second-order valence-electron chi connectivity index (χ2n) is 4.15. The molecular formula is C15H16FNS. The van der Waals surface area contributed by atoms with Crippen LogP contribution in [0.4, 0.5) is 4.39 Å². The van der Waals surface area contributed by atoms with Crippen molar-refractivity contribution in [1.82, 2.24) is 0 Å². The van der Waals surface area contributed by atoms with Gasteiger partial charge in [0.1, 0.15) is 5.82 Å². The van der Waals surface area contributed by atoms with Crippen LogP contribution in [0.2, 0.25) is 0 Å². The van der Waals surface area contributed by atoms with Crippen LogP contribution in [-0.2, 0) is 0 Å². The third-order valence-electron chi connectivity index (χ3n) is 2.84. The number of aryl methyl sites for hydroxylation is 1. The average Bonchev–Trinajstić information content (AvgIpc) is 2.39. The van der Waals surface area contributed by atoms with E-state index < -0.39 is 0 Å². The summed E-state index contributed by atoms with van der Waals surface area (Å²) in [6.45, 7) is 2.65. The Morgan fingerprint density at radius 2 is 1.78 bits per heavy atom. The first-order valence-corrected chi connectivity index (χ1v) is 6.76. The highest BCUT2D eigenvalue weighted by Gasteiger charge is 2.13. The van der Waals surface area contributed by atoms with Crippen LogP contribution < -0.4 is 5.73 Å². The molecule has 0 saturated heterocycles. The lowest BCUT2D eigenvalue weighted by molar-refractivity contribution is 0.626. The van der Waals surface area contributed by atoms with Gasteiger partial charge in [0.25, 0.3) is 0 Å². The zero-order valence-electron chi connectivity index (χ0n) is 10.3. The quantitative estimate of drug-likeness (QED) is 0.844. The summed E-state index contributed by atoms with van der Waals surface area (Å²) in [6.07, 6.45) is 0. The van der Waals surface area contributed by atoms with E-state index in [4.69, 9.17) is 5.73 Å². The van der Waals surface area contributed by atoms with E-state index in [0.29, 0.717) is 6.54 Å². The topological polar surface area (TPSA) is 26.0 Å². The van der Waals surface area contributed by atoms with Crippen molar-refractivity contribution in [2.75, 3.05) is 6.54 Å². The predicted octanol–water partition coefficient (Wildman–Crippen LogP) is 3.93. The summed E-state index contributed by atoms with van der Waals surface area (Å²) in [7, 11) is 0. The van der Waals surface area contributed by atoms with Crippen LogP contribution in [0.1, 0.15) is 16.4 Å². The van der Waals surface area contributed by atoms with E-state index in [2.05, 4.69) is 19.1 Å². The zero-order valence-corrected chi connectivity index (χ0v) is 11.1. The second kappa shape index (κ2) is 6.03. The molecule has 18 heavy (non-hydrogen) atoms. The van der Waals surface area contributed by atoms with E-state index in [1.54, 1.807) is 23.9 Å². The molecule has 2 rings (SSSR count). The van der Waals surface area contributed by atoms with Gasteiger partial charge in [-0.25, -0.2) is 4.39 Å². The lowest BCUT2D eigenvalue weighted by Crippen LogP contribution is -2.10. The molecule has 1 atom stereocenters. The van der Waals surface area contributed by atoms with Crippen molar-refractivity contribution in [2.24, 2.45) is 5.73 Å². The normalized spacial score (nSPS) is 12.4. The van der Waals surface area contributed by atoms with Gasteiger partial charge < -0.3 is 5.73 Å². The first kappa shape index (κ1) is 13.1. The molecule has 0 aliphatic carbocycles. The zero-order chi connectivity index (χ0) is 13.0. The highest BCUT2D eigenvalue weighted by Crippen LogP contribution is 2.35. The van der Waals surface area contributed by atoms with Crippen LogP contribution in [0.25, 0.3) is 0 Å². The molecule has 0 spiro atoms. The van der Waals surface area contributed by atoms with Gasteiger partial charge in [-0.05, 0) is 42.3 Å². The van der Waals surface area contributed by atoms with Crippen LogP contribution >= 0.6 is 11.8 Å². The number of hydrogen-bond donors (Lipinski definition) is 1. The molecule has 0 saturated carbocycles. The summed E-state index contributed by atoms with van der Waals surface area (Å²) >= 11 is 1.67. The summed E-state index contributed by atoms with van der Waals surface area (Å²) in [5, 5.41) is 0.205. The van der Waals surface area contributed by atoms with E-state index in [0.717, 1.165) is 4.90 Å². The Labute approximate surface area is 111 Å². The molecule has 0 aliphatic rings. The largest absolute Gasteiger partial charge is 0.329 e. The number of rotatable bonds is 4. The van der Waals surface area contributed by atoms with Gasteiger partial charge in [-0.1, -0.05) is 24.3 Å². The smallest absolute Gasteiger partial charge is 0.123 e. The molecule has 0 radical (unpaired) electrons. The van der Waals surface area contributed by atoms with Gasteiger partial charge in [-0.2, -0.15) is 0 Å². The van der Waals surface area contributed by atoms with Crippen molar-refractivity contribution >= 4 is 11.8 Å². The Balaban J connectivity index is 2.20. The fourth-order valence-electron chi connectivity index (χ4n) is 1.86. The molecule has 94 valence electrons. The SMILES string of the molecule is Cc1ccccc1C(CN)Sc1ccc(F)cc1. The summed E-state index contributed by atoms with van der Waals surface area (Å²) in [5.41, 5.74) is 8.34. The fraction of sp³-hybridized carbons (Fsp3) is 0.200. The van der Waals surface area contributed by atoms with Crippen molar-refractivity contribution in [3.63, 3.8) is 0 Å². The van der Waals surface area contributed by atoms with Crippen LogP contribution in [0.3, 0.4) is 0 Å². The number of benzene rings is 2. The summed E-state index contributed by atoms with van der Waals surface area (Å²) in [5.74, 6) is -0.209. The lowest BCUT2D eigenvalue weighted by atomic mass is 10.1. The maximum atomic E-state index is 12.9. The molecule has 3 heteroatoms. The average molecular weight is 261 g/mol. The minimum absolute atomic E-state index is 0.205. The van der Waals surface area contributed by atoms with Gasteiger partial charge in [0.2, 0.25) is 0 Å². The fourth-order valence-corrected chi connectivity index (χ4v) is 2.97. The molecule has 0 bridgehead atoms. The van der Waals surface area contributed by atoms with Crippen molar-refractivity contribution in [3.8, 4) is 0 Å². The first-order valence-electron chi connectivity index (χ1n) is 5.88. The van der Waals surface area contributed by atoms with Gasteiger partial charge in [-0.15, -0.1) is 11.8 Å². The Hall–Kier alpha value is -1.32. The molecule has 0 aromatic heterocycles. The molecular weight excluding hydrogens is 245 g/mol. The van der Waals surface area contributed by atoms with Crippen molar-refractivity contribution in [2.45, 2.75) is 17.1 Å². The van der Waals surface area contributed by atoms with Gasteiger partial charge in [0.05, 0.1) is 0 Å². The highest BCUT2D eigenvalue weighted by molar-refractivity contribution is 7.99. The van der Waals surface area contributed by atoms with E-state index >= 15 is 0 Å². The molecule has 1 nitrogen and oxygen atoms in total. The van der Waals surface area contributed by atoms with Gasteiger partial charge in [0, 0.05) is 16.7 Å². The standard InChI is InChI=1S/C15H16FNS/c1-11-4-2-3-5-14(11)15(10-17)18-13-8-6-12(16)7-9-13/h2-9,15H,10,17H2,1H3. The van der Waals surface area contributed by atoms with Gasteiger partial charge in [-0.3, -0.25) is 0 Å². The van der Waals surface area contributed by atoms with Crippen molar-refractivity contribution in [3.05, 3.63) is 65.5 Å². The maximum Gasteiger partial charge on any atom is 0.123 e. The van der Waals surface area contributed by atoms with E-state index in [1.165, 1.54) is 23.3 Å². The van der Waals surface area contributed by atoms with Crippen LogP contribution in [0.5, 0.6) is 0 Å². The Morgan fingerprint density at radius 1 is 1.11 bits per heavy atom. The molecule has 0 fully saturated rings. The highest BCUT2D eigenvalue weighted by atomic mass is 32.2. The van der Waals surface area contributed by atoms with Gasteiger partial charge >= 0.3 is 0 Å². The summed E-state index contributed by atoms with van der Waals surface area (Å²) < 4.78 is 12.9. The Morgan fingerprint density at radius 3 is 2.39 bits per heavy atom. The predicted molar refractivity (Wildman–Crippen MR) is 75.2 cm³/mol. The minimum Gasteiger partial charge on any atom is -0.329 e. The molecule has 2 N–H and O–H groups in total. The molecule has 0 amide bonds. The van der Waals surface area contributed by atoms with Crippen molar-refractivity contribution < 1.29 is 4.39 Å². The number of nitrogens with two attached hydrogens (primary N) is 1. The number of thioether (sulfide) groups is 1. The third kappa shape index (κ3) is 3.12. The summed E-state index contributed by atoms with van der Waals surface area (Å²) in [4.78, 5) is 1.04. The minimum atomic E-state index is -0.209. The first-order chi connectivity index (χ1) is 8.70.